The van der Waals surface area contributed by atoms with E-state index in [9.17, 15) is 9.50 Å². The predicted molar refractivity (Wildman–Crippen MR) is 109 cm³/mol. The lowest BCUT2D eigenvalue weighted by Crippen LogP contribution is -2.37. The predicted octanol–water partition coefficient (Wildman–Crippen LogP) is 4.28. The van der Waals surface area contributed by atoms with Crippen LogP contribution in [0.5, 0.6) is 0 Å². The smallest absolute Gasteiger partial charge is 0.201 e. The minimum absolute atomic E-state index is 0.251. The number of fused-ring (bicyclic) bond motifs is 1. The van der Waals surface area contributed by atoms with Crippen molar-refractivity contribution in [1.82, 2.24) is 15.1 Å². The number of nitrogens with one attached hydrogen (secondary N) is 3. The fourth-order valence-electron chi connectivity index (χ4n) is 3.16. The molecule has 150 valence electrons. The number of para-hydroxylation sites is 1. The van der Waals surface area contributed by atoms with Crippen LogP contribution < -0.4 is 10.6 Å². The van der Waals surface area contributed by atoms with Crippen LogP contribution in [0.25, 0.3) is 11.0 Å². The van der Waals surface area contributed by atoms with Crippen molar-refractivity contribution in [2.75, 3.05) is 17.2 Å². The minimum atomic E-state index is -1.12. The Bertz CT molecular complexity index is 1130. The summed E-state index contributed by atoms with van der Waals surface area (Å²) in [5.41, 5.74) is 1.62. The number of aliphatic hydroxyl groups excluding tert-OH is 1. The Balaban J connectivity index is 1.63. The number of halogens is 2. The van der Waals surface area contributed by atoms with Crippen LogP contribution in [0.2, 0.25) is 5.02 Å². The molecular weight excluding hydrogens is 397 g/mol. The first kappa shape index (κ1) is 19.2. The molecule has 0 spiro atoms. The molecule has 2 aromatic carbocycles. The van der Waals surface area contributed by atoms with E-state index in [0.29, 0.717) is 23.3 Å². The summed E-state index contributed by atoms with van der Waals surface area (Å²) in [6.45, 7) is 1.82. The maximum atomic E-state index is 14.4. The number of aliphatic hydroxyl groups is 1. The summed E-state index contributed by atoms with van der Waals surface area (Å²) >= 11 is 6.03. The van der Waals surface area contributed by atoms with Crippen LogP contribution in [0.3, 0.4) is 0 Å². The van der Waals surface area contributed by atoms with E-state index < -0.39 is 11.4 Å². The summed E-state index contributed by atoms with van der Waals surface area (Å²) in [7, 11) is 0. The highest BCUT2D eigenvalue weighted by molar-refractivity contribution is 6.30. The second-order valence-electron chi connectivity index (χ2n) is 6.88. The lowest BCUT2D eigenvalue weighted by Gasteiger charge is -2.29. The Hall–Kier alpha value is -3.10. The quantitative estimate of drug-likeness (QED) is 0.359. The molecule has 7 nitrogen and oxygen atoms in total. The Morgan fingerprint density at radius 1 is 1.28 bits per heavy atom. The Morgan fingerprint density at radius 2 is 2.14 bits per heavy atom. The SMILES string of the molecule is CC(CO)(Nc1nc2c(CNc3ccon3)cccc2[nH]1)c1cc(Cl)ccc1F. The molecule has 4 rings (SSSR count). The van der Waals surface area contributed by atoms with Gasteiger partial charge in [0.15, 0.2) is 5.82 Å². The van der Waals surface area contributed by atoms with Gasteiger partial charge in [-0.25, -0.2) is 9.37 Å². The second-order valence-corrected chi connectivity index (χ2v) is 7.31. The van der Waals surface area contributed by atoms with E-state index in [0.717, 1.165) is 16.6 Å². The maximum absolute atomic E-state index is 14.4. The van der Waals surface area contributed by atoms with Gasteiger partial charge in [0.25, 0.3) is 0 Å². The van der Waals surface area contributed by atoms with Crippen LogP contribution in [0.4, 0.5) is 16.2 Å². The summed E-state index contributed by atoms with van der Waals surface area (Å²) in [5.74, 6) is 0.567. The van der Waals surface area contributed by atoms with Gasteiger partial charge in [-0.05, 0) is 36.8 Å². The molecule has 0 saturated carbocycles. The molecule has 9 heteroatoms. The molecule has 1 unspecified atom stereocenters. The highest BCUT2D eigenvalue weighted by Crippen LogP contribution is 2.30. The number of anilines is 2. The molecule has 4 aromatic rings. The number of rotatable bonds is 7. The number of aromatic nitrogens is 3. The van der Waals surface area contributed by atoms with Gasteiger partial charge in [0, 0.05) is 23.2 Å². The number of imidazole rings is 1. The average molecular weight is 416 g/mol. The fourth-order valence-corrected chi connectivity index (χ4v) is 3.33. The summed E-state index contributed by atoms with van der Waals surface area (Å²) < 4.78 is 19.2. The average Bonchev–Trinajstić information content (AvgIpc) is 3.37. The minimum Gasteiger partial charge on any atom is -0.394 e. The third-order valence-corrected chi connectivity index (χ3v) is 4.96. The molecule has 0 amide bonds. The molecule has 4 N–H and O–H groups in total. The van der Waals surface area contributed by atoms with Gasteiger partial charge in [0.05, 0.1) is 23.2 Å². The van der Waals surface area contributed by atoms with Gasteiger partial charge in [0.2, 0.25) is 5.95 Å². The Kier molecular flexibility index (Phi) is 5.12. The summed E-state index contributed by atoms with van der Waals surface area (Å²) in [5, 5.41) is 20.5. The Morgan fingerprint density at radius 3 is 2.90 bits per heavy atom. The zero-order chi connectivity index (χ0) is 20.4. The largest absolute Gasteiger partial charge is 0.394 e. The van der Waals surface area contributed by atoms with Crippen LogP contribution in [-0.2, 0) is 12.1 Å². The number of aromatic amines is 1. The molecule has 0 saturated heterocycles. The van der Waals surface area contributed by atoms with Crippen molar-refractivity contribution in [3.63, 3.8) is 0 Å². The maximum Gasteiger partial charge on any atom is 0.201 e. The fraction of sp³-hybridized carbons (Fsp3) is 0.200. The molecule has 0 fully saturated rings. The van der Waals surface area contributed by atoms with Crippen LogP contribution >= 0.6 is 11.6 Å². The van der Waals surface area contributed by atoms with Crippen molar-refractivity contribution in [3.8, 4) is 0 Å². The van der Waals surface area contributed by atoms with E-state index in [1.807, 2.05) is 18.2 Å². The van der Waals surface area contributed by atoms with Gasteiger partial charge in [-0.3, -0.25) is 0 Å². The normalized spacial score (nSPS) is 13.4. The zero-order valence-electron chi connectivity index (χ0n) is 15.5. The van der Waals surface area contributed by atoms with Gasteiger partial charge in [-0.1, -0.05) is 28.9 Å². The first-order valence-electron chi connectivity index (χ1n) is 8.95. The molecule has 0 radical (unpaired) electrons. The lowest BCUT2D eigenvalue weighted by atomic mass is 9.92. The van der Waals surface area contributed by atoms with Gasteiger partial charge >= 0.3 is 0 Å². The molecule has 0 aliphatic carbocycles. The first-order valence-corrected chi connectivity index (χ1v) is 9.33. The summed E-state index contributed by atoms with van der Waals surface area (Å²) in [6, 6.07) is 11.7. The monoisotopic (exact) mass is 415 g/mol. The van der Waals surface area contributed by atoms with Crippen molar-refractivity contribution in [3.05, 3.63) is 70.7 Å². The van der Waals surface area contributed by atoms with Gasteiger partial charge in [-0.15, -0.1) is 0 Å². The number of benzene rings is 2. The molecule has 0 aliphatic heterocycles. The van der Waals surface area contributed by atoms with Crippen LogP contribution in [0, 0.1) is 5.82 Å². The van der Waals surface area contributed by atoms with E-state index in [1.54, 1.807) is 13.0 Å². The number of H-pyrrole nitrogens is 1. The van der Waals surface area contributed by atoms with Gasteiger partial charge in [-0.2, -0.15) is 0 Å². The number of nitrogens with zero attached hydrogens (tertiary/aromatic N) is 2. The molecule has 0 aliphatic rings. The second kappa shape index (κ2) is 7.73. The van der Waals surface area contributed by atoms with E-state index in [-0.39, 0.29) is 12.2 Å². The molecular formula is C20H19ClFN5O2. The Labute approximate surface area is 170 Å². The molecule has 2 heterocycles. The summed E-state index contributed by atoms with van der Waals surface area (Å²) in [6.07, 6.45) is 1.49. The molecule has 29 heavy (non-hydrogen) atoms. The van der Waals surface area contributed by atoms with E-state index in [2.05, 4.69) is 25.8 Å². The van der Waals surface area contributed by atoms with Crippen molar-refractivity contribution in [2.45, 2.75) is 19.0 Å². The molecule has 1 atom stereocenters. The van der Waals surface area contributed by atoms with E-state index in [1.165, 1.54) is 24.5 Å². The topological polar surface area (TPSA) is 99.0 Å². The lowest BCUT2D eigenvalue weighted by molar-refractivity contribution is 0.220. The first-order chi connectivity index (χ1) is 14.0. The van der Waals surface area contributed by atoms with Crippen molar-refractivity contribution in [2.24, 2.45) is 0 Å². The molecule has 0 bridgehead atoms. The van der Waals surface area contributed by atoms with Gasteiger partial charge < -0.3 is 25.2 Å². The van der Waals surface area contributed by atoms with Crippen LogP contribution in [0.15, 0.2) is 53.3 Å². The van der Waals surface area contributed by atoms with Crippen LogP contribution in [0.1, 0.15) is 18.1 Å². The third-order valence-electron chi connectivity index (χ3n) is 4.73. The number of hydrogen-bond acceptors (Lipinski definition) is 6. The standard InChI is InChI=1S/C20H19ClFN5O2/c1-20(11-28,14-9-13(21)5-6-15(14)22)26-19-24-16-4-2-3-12(18(16)25-19)10-23-17-7-8-29-27-17/h2-9,28H,10-11H2,1H3,(H,23,27)(H2,24,25,26). The highest BCUT2D eigenvalue weighted by Gasteiger charge is 2.30. The van der Waals surface area contributed by atoms with Crippen molar-refractivity contribution >= 4 is 34.4 Å². The van der Waals surface area contributed by atoms with E-state index >= 15 is 0 Å². The third kappa shape index (κ3) is 3.90. The summed E-state index contributed by atoms with van der Waals surface area (Å²) in [4.78, 5) is 7.78. The number of hydrogen-bond donors (Lipinski definition) is 4. The van der Waals surface area contributed by atoms with E-state index in [4.69, 9.17) is 16.1 Å². The van der Waals surface area contributed by atoms with Crippen molar-refractivity contribution in [1.29, 1.82) is 0 Å². The molecule has 2 aromatic heterocycles. The van der Waals surface area contributed by atoms with Crippen LogP contribution in [-0.4, -0.2) is 26.8 Å². The zero-order valence-corrected chi connectivity index (χ0v) is 16.3. The highest BCUT2D eigenvalue weighted by atomic mass is 35.5. The van der Waals surface area contributed by atoms with Crippen molar-refractivity contribution < 1.29 is 14.0 Å². The van der Waals surface area contributed by atoms with Gasteiger partial charge in [0.1, 0.15) is 12.1 Å².